The van der Waals surface area contributed by atoms with Crippen molar-refractivity contribution in [2.45, 2.75) is 32.2 Å². The largest absolute Gasteiger partial charge is 0.481 e. The van der Waals surface area contributed by atoms with Gasteiger partial charge in [-0.2, -0.15) is 15.0 Å². The number of carboxylic acid groups (broad SMARTS) is 1. The van der Waals surface area contributed by atoms with Crippen LogP contribution in [0, 0.1) is 0 Å². The fourth-order valence-corrected chi connectivity index (χ4v) is 1.87. The molecule has 2 aromatic rings. The fraction of sp³-hybridized carbons (Fsp3) is 0.417. The molecule has 17 heavy (non-hydrogen) atoms. The predicted octanol–water partition coefficient (Wildman–Crippen LogP) is 2.25. The Kier molecular flexibility index (Phi) is 3.37. The van der Waals surface area contributed by atoms with Crippen LogP contribution >= 0.6 is 0 Å². The van der Waals surface area contributed by atoms with Crippen molar-refractivity contribution in [1.29, 1.82) is 0 Å². The molecule has 1 N–H and O–H groups in total. The summed E-state index contributed by atoms with van der Waals surface area (Å²) in [6.07, 6.45) is 1.75. The van der Waals surface area contributed by atoms with Gasteiger partial charge in [-0.05, 0) is 18.6 Å². The fourth-order valence-electron chi connectivity index (χ4n) is 1.87. The molecular weight excluding hydrogens is 218 g/mol. The van der Waals surface area contributed by atoms with E-state index in [9.17, 15) is 4.79 Å². The summed E-state index contributed by atoms with van der Waals surface area (Å²) in [5, 5.41) is 17.5. The molecule has 0 radical (unpaired) electrons. The highest BCUT2D eigenvalue weighted by Gasteiger charge is 2.17. The number of rotatable bonds is 5. The highest BCUT2D eigenvalue weighted by atomic mass is 16.4. The van der Waals surface area contributed by atoms with Crippen molar-refractivity contribution in [2.24, 2.45) is 0 Å². The van der Waals surface area contributed by atoms with Gasteiger partial charge in [-0.3, -0.25) is 4.79 Å². The second kappa shape index (κ2) is 4.95. The molecule has 0 aliphatic carbocycles. The van der Waals surface area contributed by atoms with Crippen LogP contribution in [0.25, 0.3) is 11.0 Å². The molecule has 5 heteroatoms. The molecule has 1 unspecified atom stereocenters. The Balaban J connectivity index is 2.31. The van der Waals surface area contributed by atoms with Gasteiger partial charge in [0.1, 0.15) is 11.0 Å². The van der Waals surface area contributed by atoms with E-state index in [0.717, 1.165) is 23.9 Å². The molecule has 0 aliphatic heterocycles. The van der Waals surface area contributed by atoms with Gasteiger partial charge < -0.3 is 5.11 Å². The van der Waals surface area contributed by atoms with Gasteiger partial charge in [0.05, 0.1) is 12.5 Å². The molecule has 0 aliphatic rings. The van der Waals surface area contributed by atoms with Gasteiger partial charge in [-0.25, -0.2) is 0 Å². The summed E-state index contributed by atoms with van der Waals surface area (Å²) in [5.41, 5.74) is 1.61. The summed E-state index contributed by atoms with van der Waals surface area (Å²) >= 11 is 0. The zero-order valence-electron chi connectivity index (χ0n) is 9.71. The highest BCUT2D eigenvalue weighted by Crippen LogP contribution is 2.18. The number of aliphatic carboxylic acids is 1. The summed E-state index contributed by atoms with van der Waals surface area (Å²) in [6, 6.07) is 7.39. The summed E-state index contributed by atoms with van der Waals surface area (Å²) in [4.78, 5) is 12.3. The van der Waals surface area contributed by atoms with Gasteiger partial charge in [0, 0.05) is 0 Å². The van der Waals surface area contributed by atoms with Crippen molar-refractivity contribution in [1.82, 2.24) is 15.0 Å². The van der Waals surface area contributed by atoms with Crippen molar-refractivity contribution >= 4 is 17.0 Å². The molecule has 1 aromatic carbocycles. The Morgan fingerprint density at radius 2 is 1.94 bits per heavy atom. The molecule has 0 saturated carbocycles. The van der Waals surface area contributed by atoms with Gasteiger partial charge in [0.25, 0.3) is 0 Å². The first-order chi connectivity index (χ1) is 8.20. The minimum Gasteiger partial charge on any atom is -0.481 e. The van der Waals surface area contributed by atoms with Crippen LogP contribution in [0.15, 0.2) is 24.3 Å². The Morgan fingerprint density at radius 1 is 1.35 bits per heavy atom. The molecule has 1 aromatic heterocycles. The molecule has 0 saturated heterocycles. The standard InChI is InChI=1S/C12H15N3O2/c1-2-5-9(8-12(16)17)15-13-10-6-3-4-7-11(10)14-15/h3-4,6-7,9H,2,5,8H2,1H3,(H,16,17). The SMILES string of the molecule is CCCC(CC(=O)O)n1nc2ccccc2n1. The maximum Gasteiger partial charge on any atom is 0.305 e. The zero-order valence-corrected chi connectivity index (χ0v) is 9.71. The van der Waals surface area contributed by atoms with Gasteiger partial charge in [-0.15, -0.1) is 0 Å². The third kappa shape index (κ3) is 2.61. The third-order valence-corrected chi connectivity index (χ3v) is 2.66. The Hall–Kier alpha value is -1.91. The van der Waals surface area contributed by atoms with E-state index >= 15 is 0 Å². The number of carboxylic acids is 1. The van der Waals surface area contributed by atoms with Crippen LogP contribution < -0.4 is 0 Å². The summed E-state index contributed by atoms with van der Waals surface area (Å²) in [5.74, 6) is -0.815. The Labute approximate surface area is 99.1 Å². The van der Waals surface area contributed by atoms with E-state index in [1.165, 1.54) is 0 Å². The molecule has 0 spiro atoms. The van der Waals surface area contributed by atoms with Crippen molar-refractivity contribution in [3.8, 4) is 0 Å². The maximum atomic E-state index is 10.8. The quantitative estimate of drug-likeness (QED) is 0.860. The van der Waals surface area contributed by atoms with Crippen molar-refractivity contribution in [3.63, 3.8) is 0 Å². The van der Waals surface area contributed by atoms with E-state index in [0.29, 0.717) is 0 Å². The van der Waals surface area contributed by atoms with Crippen molar-refractivity contribution < 1.29 is 9.90 Å². The van der Waals surface area contributed by atoms with Crippen molar-refractivity contribution in [2.75, 3.05) is 0 Å². The smallest absolute Gasteiger partial charge is 0.305 e. The number of hydrogen-bond acceptors (Lipinski definition) is 3. The summed E-state index contributed by atoms with van der Waals surface area (Å²) in [6.45, 7) is 2.03. The number of hydrogen-bond donors (Lipinski definition) is 1. The first-order valence-corrected chi connectivity index (χ1v) is 5.74. The van der Waals surface area contributed by atoms with E-state index in [4.69, 9.17) is 5.11 Å². The van der Waals surface area contributed by atoms with Crippen LogP contribution in [0.4, 0.5) is 0 Å². The van der Waals surface area contributed by atoms with Gasteiger partial charge >= 0.3 is 5.97 Å². The normalized spacial score (nSPS) is 12.8. The topological polar surface area (TPSA) is 68.0 Å². The molecule has 2 rings (SSSR count). The van der Waals surface area contributed by atoms with E-state index < -0.39 is 5.97 Å². The van der Waals surface area contributed by atoms with Crippen molar-refractivity contribution in [3.05, 3.63) is 24.3 Å². The minimum atomic E-state index is -0.815. The second-order valence-corrected chi connectivity index (χ2v) is 4.05. The van der Waals surface area contributed by atoms with E-state index in [-0.39, 0.29) is 12.5 Å². The van der Waals surface area contributed by atoms with E-state index in [1.54, 1.807) is 4.80 Å². The molecule has 0 bridgehead atoms. The highest BCUT2D eigenvalue weighted by molar-refractivity contribution is 5.73. The monoisotopic (exact) mass is 233 g/mol. The lowest BCUT2D eigenvalue weighted by molar-refractivity contribution is -0.138. The summed E-state index contributed by atoms with van der Waals surface area (Å²) in [7, 11) is 0. The van der Waals surface area contributed by atoms with Crippen LogP contribution in [0.2, 0.25) is 0 Å². The lowest BCUT2D eigenvalue weighted by Crippen LogP contribution is -2.16. The number of carbonyl (C=O) groups is 1. The molecule has 1 atom stereocenters. The first-order valence-electron chi connectivity index (χ1n) is 5.74. The molecular formula is C12H15N3O2. The Morgan fingerprint density at radius 3 is 2.41 bits per heavy atom. The Bertz CT molecular complexity index is 488. The number of fused-ring (bicyclic) bond motifs is 1. The average Bonchev–Trinajstić information content (AvgIpc) is 2.71. The van der Waals surface area contributed by atoms with Crippen LogP contribution in [-0.2, 0) is 4.79 Å². The van der Waals surface area contributed by atoms with Gasteiger partial charge in [0.2, 0.25) is 0 Å². The molecule has 90 valence electrons. The molecule has 0 fully saturated rings. The lowest BCUT2D eigenvalue weighted by atomic mass is 10.1. The van der Waals surface area contributed by atoms with Gasteiger partial charge in [-0.1, -0.05) is 25.5 Å². The molecule has 5 nitrogen and oxygen atoms in total. The summed E-state index contributed by atoms with van der Waals surface area (Å²) < 4.78 is 0. The second-order valence-electron chi connectivity index (χ2n) is 4.05. The van der Waals surface area contributed by atoms with Gasteiger partial charge in [0.15, 0.2) is 0 Å². The molecule has 1 heterocycles. The minimum absolute atomic E-state index is 0.0643. The van der Waals surface area contributed by atoms with Crippen LogP contribution in [0.1, 0.15) is 32.2 Å². The first kappa shape index (κ1) is 11.6. The van der Waals surface area contributed by atoms with Crippen LogP contribution in [0.5, 0.6) is 0 Å². The number of aromatic nitrogens is 3. The maximum absolute atomic E-state index is 10.8. The average molecular weight is 233 g/mol. The third-order valence-electron chi connectivity index (χ3n) is 2.66. The molecule has 0 amide bonds. The lowest BCUT2D eigenvalue weighted by Gasteiger charge is -2.12. The predicted molar refractivity (Wildman–Crippen MR) is 63.7 cm³/mol. The van der Waals surface area contributed by atoms with E-state index in [1.807, 2.05) is 31.2 Å². The van der Waals surface area contributed by atoms with Crippen LogP contribution in [0.3, 0.4) is 0 Å². The number of nitrogens with zero attached hydrogens (tertiary/aromatic N) is 3. The zero-order chi connectivity index (χ0) is 12.3. The van der Waals surface area contributed by atoms with Crippen LogP contribution in [-0.4, -0.2) is 26.1 Å². The van der Waals surface area contributed by atoms with E-state index in [2.05, 4.69) is 10.2 Å². The number of benzene rings is 1.